The van der Waals surface area contributed by atoms with Crippen molar-refractivity contribution in [1.82, 2.24) is 14.7 Å². The van der Waals surface area contributed by atoms with Gasteiger partial charge in [-0.1, -0.05) is 12.1 Å². The summed E-state index contributed by atoms with van der Waals surface area (Å²) >= 11 is 0. The van der Waals surface area contributed by atoms with Gasteiger partial charge in [0.05, 0.1) is 12.9 Å². The normalized spacial score (nSPS) is 21.5. The van der Waals surface area contributed by atoms with Crippen LogP contribution in [0.3, 0.4) is 0 Å². The van der Waals surface area contributed by atoms with Crippen LogP contribution in [0.2, 0.25) is 0 Å². The van der Waals surface area contributed by atoms with E-state index in [0.717, 1.165) is 51.3 Å². The Kier molecular flexibility index (Phi) is 5.21. The minimum absolute atomic E-state index is 0.0711. The molecule has 0 radical (unpaired) electrons. The molecule has 0 N–H and O–H groups in total. The number of piperazine rings is 1. The fraction of sp³-hybridized carbons (Fsp3) is 0.478. The van der Waals surface area contributed by atoms with Gasteiger partial charge in [-0.15, -0.1) is 0 Å². The molecular weight excluding hydrogens is 382 g/mol. The van der Waals surface area contributed by atoms with Gasteiger partial charge in [-0.2, -0.15) is 0 Å². The largest absolute Gasteiger partial charge is 0.493 e. The second-order valence-electron chi connectivity index (χ2n) is 8.28. The van der Waals surface area contributed by atoms with Gasteiger partial charge in [-0.3, -0.25) is 14.5 Å². The third-order valence-electron chi connectivity index (χ3n) is 6.37. The number of hydrogen-bond acceptors (Lipinski definition) is 5. The van der Waals surface area contributed by atoms with Crippen molar-refractivity contribution in [3.05, 3.63) is 53.5 Å². The first kappa shape index (κ1) is 19.2. The number of amides is 2. The van der Waals surface area contributed by atoms with Crippen molar-refractivity contribution in [3.63, 3.8) is 0 Å². The molecule has 7 nitrogen and oxygen atoms in total. The Bertz CT molecular complexity index is 919. The number of likely N-dealkylation sites (tertiary alicyclic amines) is 1. The summed E-state index contributed by atoms with van der Waals surface area (Å²) in [6, 6.07) is 9.45. The monoisotopic (exact) mass is 409 g/mol. The van der Waals surface area contributed by atoms with E-state index < -0.39 is 0 Å². The van der Waals surface area contributed by atoms with Crippen LogP contribution >= 0.6 is 0 Å². The van der Waals surface area contributed by atoms with Crippen LogP contribution in [-0.2, 0) is 17.8 Å². The molecule has 1 aromatic carbocycles. The maximum atomic E-state index is 13.1. The number of carbonyl (C=O) groups excluding carboxylic acids is 2. The molecule has 7 heteroatoms. The van der Waals surface area contributed by atoms with Gasteiger partial charge < -0.3 is 19.0 Å². The Balaban J connectivity index is 1.17. The zero-order valence-electron chi connectivity index (χ0n) is 17.1. The summed E-state index contributed by atoms with van der Waals surface area (Å²) in [6.07, 6.45) is 4.06. The van der Waals surface area contributed by atoms with E-state index in [1.165, 1.54) is 17.4 Å². The molecule has 0 spiro atoms. The second-order valence-corrected chi connectivity index (χ2v) is 8.28. The number of fused-ring (bicyclic) bond motifs is 1. The predicted molar refractivity (Wildman–Crippen MR) is 110 cm³/mol. The average molecular weight is 409 g/mol. The van der Waals surface area contributed by atoms with E-state index >= 15 is 0 Å². The number of nitrogens with zero attached hydrogens (tertiary/aromatic N) is 3. The third kappa shape index (κ3) is 3.69. The van der Waals surface area contributed by atoms with Crippen LogP contribution in [0, 0.1) is 0 Å². The fourth-order valence-electron chi connectivity index (χ4n) is 4.74. The zero-order chi connectivity index (χ0) is 20.5. The highest BCUT2D eigenvalue weighted by atomic mass is 16.5. The van der Waals surface area contributed by atoms with Gasteiger partial charge in [-0.25, -0.2) is 0 Å². The Morgan fingerprint density at radius 1 is 1.07 bits per heavy atom. The molecule has 30 heavy (non-hydrogen) atoms. The van der Waals surface area contributed by atoms with E-state index in [0.29, 0.717) is 25.4 Å². The molecule has 1 aromatic heterocycles. The molecule has 2 saturated heterocycles. The maximum absolute atomic E-state index is 13.1. The third-order valence-corrected chi connectivity index (χ3v) is 6.37. The first-order valence-corrected chi connectivity index (χ1v) is 10.8. The smallest absolute Gasteiger partial charge is 0.290 e. The summed E-state index contributed by atoms with van der Waals surface area (Å²) in [6.45, 7) is 5.37. The van der Waals surface area contributed by atoms with E-state index in [2.05, 4.69) is 23.1 Å². The number of rotatable bonds is 4. The Hall–Kier alpha value is -2.80. The molecule has 5 rings (SSSR count). The maximum Gasteiger partial charge on any atom is 0.290 e. The van der Waals surface area contributed by atoms with E-state index in [1.807, 2.05) is 4.90 Å². The van der Waals surface area contributed by atoms with Gasteiger partial charge >= 0.3 is 0 Å². The molecule has 3 aliphatic heterocycles. The lowest BCUT2D eigenvalue weighted by Crippen LogP contribution is -2.54. The van der Waals surface area contributed by atoms with Gasteiger partial charge in [0, 0.05) is 45.7 Å². The topological polar surface area (TPSA) is 66.2 Å². The highest BCUT2D eigenvalue weighted by molar-refractivity contribution is 5.96. The summed E-state index contributed by atoms with van der Waals surface area (Å²) in [4.78, 5) is 31.8. The van der Waals surface area contributed by atoms with Crippen molar-refractivity contribution in [3.8, 4) is 5.75 Å². The van der Waals surface area contributed by atoms with E-state index in [4.69, 9.17) is 9.15 Å². The van der Waals surface area contributed by atoms with Crippen LogP contribution in [0.15, 0.2) is 41.0 Å². The van der Waals surface area contributed by atoms with Crippen molar-refractivity contribution in [2.24, 2.45) is 0 Å². The molecule has 2 fully saturated rings. The van der Waals surface area contributed by atoms with Crippen LogP contribution in [0.4, 0.5) is 0 Å². The molecule has 0 aliphatic carbocycles. The van der Waals surface area contributed by atoms with E-state index in [9.17, 15) is 9.59 Å². The first-order chi connectivity index (χ1) is 14.7. The van der Waals surface area contributed by atoms with Gasteiger partial charge in [0.2, 0.25) is 5.91 Å². The van der Waals surface area contributed by atoms with Crippen LogP contribution in [0.25, 0.3) is 0 Å². The van der Waals surface area contributed by atoms with E-state index in [-0.39, 0.29) is 17.9 Å². The summed E-state index contributed by atoms with van der Waals surface area (Å²) in [5.74, 6) is 1.20. The first-order valence-electron chi connectivity index (χ1n) is 10.8. The highest BCUT2D eigenvalue weighted by Crippen LogP contribution is 2.27. The second kappa shape index (κ2) is 8.14. The molecule has 158 valence electrons. The molecule has 4 heterocycles. The van der Waals surface area contributed by atoms with Gasteiger partial charge in [-0.05, 0) is 42.2 Å². The number of furan rings is 1. The van der Waals surface area contributed by atoms with Gasteiger partial charge in [0.1, 0.15) is 11.8 Å². The van der Waals surface area contributed by atoms with Crippen LogP contribution < -0.4 is 4.74 Å². The number of ether oxygens (including phenoxy) is 1. The number of hydrogen-bond donors (Lipinski definition) is 0. The van der Waals surface area contributed by atoms with Crippen molar-refractivity contribution in [2.75, 3.05) is 39.3 Å². The molecule has 2 amide bonds. The van der Waals surface area contributed by atoms with Gasteiger partial charge in [0.15, 0.2) is 5.76 Å². The molecule has 2 aromatic rings. The highest BCUT2D eigenvalue weighted by Gasteiger charge is 2.38. The van der Waals surface area contributed by atoms with Crippen molar-refractivity contribution in [1.29, 1.82) is 0 Å². The number of carbonyl (C=O) groups is 2. The zero-order valence-corrected chi connectivity index (χ0v) is 17.1. The molecule has 3 aliphatic rings. The Labute approximate surface area is 176 Å². The molecular formula is C23H27N3O4. The minimum atomic E-state index is -0.370. The fourth-order valence-corrected chi connectivity index (χ4v) is 4.74. The Morgan fingerprint density at radius 3 is 2.73 bits per heavy atom. The standard InChI is InChI=1S/C23H27N3O4/c27-22(19-3-1-8-26(19)23(28)21-4-2-13-29-21)25-11-9-24(10-12-25)16-17-5-6-20-18(15-17)7-14-30-20/h2,4-6,13,15,19H,1,3,7-12,14,16H2. The SMILES string of the molecule is O=C(C1CCCN1C(=O)c1ccco1)N1CCN(Cc2ccc3c(c2)CCO3)CC1. The predicted octanol–water partition coefficient (Wildman–Crippen LogP) is 2.16. The lowest BCUT2D eigenvalue weighted by molar-refractivity contribution is -0.137. The van der Waals surface area contributed by atoms with Crippen LogP contribution in [0.5, 0.6) is 5.75 Å². The van der Waals surface area contributed by atoms with E-state index in [1.54, 1.807) is 17.0 Å². The summed E-state index contributed by atoms with van der Waals surface area (Å²) in [5.41, 5.74) is 2.59. The summed E-state index contributed by atoms with van der Waals surface area (Å²) in [5, 5.41) is 0. The Morgan fingerprint density at radius 2 is 1.93 bits per heavy atom. The summed E-state index contributed by atoms with van der Waals surface area (Å²) < 4.78 is 10.8. The summed E-state index contributed by atoms with van der Waals surface area (Å²) in [7, 11) is 0. The molecule has 1 unspecified atom stereocenters. The lowest BCUT2D eigenvalue weighted by Gasteiger charge is -2.37. The van der Waals surface area contributed by atoms with Crippen molar-refractivity contribution >= 4 is 11.8 Å². The number of benzene rings is 1. The van der Waals surface area contributed by atoms with Crippen LogP contribution in [0.1, 0.15) is 34.5 Å². The molecule has 1 atom stereocenters. The van der Waals surface area contributed by atoms with Crippen LogP contribution in [-0.4, -0.2) is 71.9 Å². The minimum Gasteiger partial charge on any atom is -0.493 e. The van der Waals surface area contributed by atoms with Crippen molar-refractivity contribution < 1.29 is 18.7 Å². The van der Waals surface area contributed by atoms with Crippen molar-refractivity contribution in [2.45, 2.75) is 31.8 Å². The molecule has 0 saturated carbocycles. The van der Waals surface area contributed by atoms with Gasteiger partial charge in [0.25, 0.3) is 5.91 Å². The lowest BCUT2D eigenvalue weighted by atomic mass is 10.1. The quantitative estimate of drug-likeness (QED) is 0.774. The molecule has 0 bridgehead atoms. The average Bonchev–Trinajstić information content (AvgIpc) is 3.54.